The van der Waals surface area contributed by atoms with Crippen LogP contribution in [-0.2, 0) is 11.3 Å². The van der Waals surface area contributed by atoms with Crippen molar-refractivity contribution >= 4 is 17.5 Å². The molecule has 0 saturated carbocycles. The Morgan fingerprint density at radius 3 is 3.07 bits per heavy atom. The van der Waals surface area contributed by atoms with E-state index in [2.05, 4.69) is 20.4 Å². The molecule has 1 amide bonds. The number of hydrogen-bond donors (Lipinski definition) is 1. The number of aromatic nitrogens is 3. The van der Waals surface area contributed by atoms with Crippen LogP contribution in [-0.4, -0.2) is 40.4 Å². The first-order chi connectivity index (χ1) is 13.8. The molecule has 2 aromatic heterocycles. The minimum Gasteiger partial charge on any atom is -0.454 e. The van der Waals surface area contributed by atoms with Gasteiger partial charge in [-0.1, -0.05) is 12.1 Å². The molecule has 5 rings (SSSR count). The quantitative estimate of drug-likeness (QED) is 0.747. The van der Waals surface area contributed by atoms with E-state index in [0.29, 0.717) is 13.1 Å². The number of pyridine rings is 1. The van der Waals surface area contributed by atoms with Crippen molar-refractivity contribution in [2.24, 2.45) is 5.92 Å². The summed E-state index contributed by atoms with van der Waals surface area (Å²) >= 11 is 0. The minimum absolute atomic E-state index is 0.0659. The van der Waals surface area contributed by atoms with Crippen LogP contribution in [0, 0.1) is 5.92 Å². The SMILES string of the molecule is O=C(NCc1ccc2c(c1)OCO2)C1CCCN(c2nnc3ccccn23)C1. The van der Waals surface area contributed by atoms with E-state index in [1.807, 2.05) is 47.0 Å². The van der Waals surface area contributed by atoms with Crippen molar-refractivity contribution in [3.63, 3.8) is 0 Å². The first-order valence-electron chi connectivity index (χ1n) is 9.49. The molecule has 2 aliphatic rings. The molecule has 28 heavy (non-hydrogen) atoms. The molecular formula is C20H21N5O3. The van der Waals surface area contributed by atoms with Gasteiger partial charge >= 0.3 is 0 Å². The van der Waals surface area contributed by atoms with Gasteiger partial charge in [0.1, 0.15) is 0 Å². The fraction of sp³-hybridized carbons (Fsp3) is 0.350. The molecule has 8 heteroatoms. The third kappa shape index (κ3) is 3.11. The maximum atomic E-state index is 12.7. The summed E-state index contributed by atoms with van der Waals surface area (Å²) in [5.74, 6) is 2.27. The van der Waals surface area contributed by atoms with Gasteiger partial charge < -0.3 is 19.7 Å². The second-order valence-electron chi connectivity index (χ2n) is 7.12. The number of carbonyl (C=O) groups is 1. The maximum absolute atomic E-state index is 12.7. The van der Waals surface area contributed by atoms with Gasteiger partial charge in [-0.25, -0.2) is 0 Å². The molecule has 3 aromatic rings. The molecule has 1 N–H and O–H groups in total. The van der Waals surface area contributed by atoms with E-state index in [1.165, 1.54) is 0 Å². The normalized spacial score (nSPS) is 18.4. The Bertz CT molecular complexity index is 1020. The lowest BCUT2D eigenvalue weighted by atomic mass is 9.97. The molecule has 144 valence electrons. The molecule has 0 spiro atoms. The molecule has 1 aromatic carbocycles. The van der Waals surface area contributed by atoms with Crippen molar-refractivity contribution < 1.29 is 14.3 Å². The van der Waals surface area contributed by atoms with Gasteiger partial charge in [-0.05, 0) is 42.7 Å². The van der Waals surface area contributed by atoms with E-state index in [4.69, 9.17) is 9.47 Å². The van der Waals surface area contributed by atoms with Crippen LogP contribution in [0.1, 0.15) is 18.4 Å². The van der Waals surface area contributed by atoms with E-state index < -0.39 is 0 Å². The second-order valence-corrected chi connectivity index (χ2v) is 7.12. The highest BCUT2D eigenvalue weighted by Gasteiger charge is 2.28. The van der Waals surface area contributed by atoms with Gasteiger partial charge in [0.25, 0.3) is 0 Å². The largest absolute Gasteiger partial charge is 0.454 e. The highest BCUT2D eigenvalue weighted by Crippen LogP contribution is 2.32. The summed E-state index contributed by atoms with van der Waals surface area (Å²) in [7, 11) is 0. The van der Waals surface area contributed by atoms with E-state index in [-0.39, 0.29) is 18.6 Å². The number of piperidine rings is 1. The predicted octanol–water partition coefficient (Wildman–Crippen LogP) is 1.99. The lowest BCUT2D eigenvalue weighted by Crippen LogP contribution is -2.43. The predicted molar refractivity (Wildman–Crippen MR) is 102 cm³/mol. The molecule has 0 aliphatic carbocycles. The van der Waals surface area contributed by atoms with Gasteiger partial charge in [-0.15, -0.1) is 10.2 Å². The number of hydrogen-bond acceptors (Lipinski definition) is 6. The zero-order valence-electron chi connectivity index (χ0n) is 15.4. The van der Waals surface area contributed by atoms with Gasteiger partial charge in [0.2, 0.25) is 18.6 Å². The smallest absolute Gasteiger partial charge is 0.231 e. The molecule has 1 fully saturated rings. The molecule has 2 aliphatic heterocycles. The molecule has 0 bridgehead atoms. The van der Waals surface area contributed by atoms with Crippen LogP contribution < -0.4 is 19.7 Å². The summed E-state index contributed by atoms with van der Waals surface area (Å²) in [4.78, 5) is 14.9. The van der Waals surface area contributed by atoms with E-state index in [1.54, 1.807) is 0 Å². The Hall–Kier alpha value is -3.29. The Labute approximate surface area is 162 Å². The molecule has 1 unspecified atom stereocenters. The van der Waals surface area contributed by atoms with Crippen molar-refractivity contribution in [1.29, 1.82) is 0 Å². The summed E-state index contributed by atoms with van der Waals surface area (Å²) in [6.45, 7) is 2.24. The minimum atomic E-state index is -0.0705. The Morgan fingerprint density at radius 2 is 2.11 bits per heavy atom. The number of fused-ring (bicyclic) bond motifs is 2. The van der Waals surface area contributed by atoms with Crippen LogP contribution >= 0.6 is 0 Å². The lowest BCUT2D eigenvalue weighted by molar-refractivity contribution is -0.125. The van der Waals surface area contributed by atoms with Crippen LogP contribution in [0.2, 0.25) is 0 Å². The highest BCUT2D eigenvalue weighted by atomic mass is 16.7. The number of amides is 1. The van der Waals surface area contributed by atoms with E-state index in [0.717, 1.165) is 48.0 Å². The van der Waals surface area contributed by atoms with Crippen LogP contribution in [0.15, 0.2) is 42.6 Å². The number of ether oxygens (including phenoxy) is 2. The summed E-state index contributed by atoms with van der Waals surface area (Å²) < 4.78 is 12.7. The van der Waals surface area contributed by atoms with Crippen molar-refractivity contribution in [2.45, 2.75) is 19.4 Å². The average Bonchev–Trinajstić information content (AvgIpc) is 3.38. The molecule has 1 atom stereocenters. The third-order valence-corrected chi connectivity index (χ3v) is 5.27. The van der Waals surface area contributed by atoms with Crippen LogP contribution in [0.4, 0.5) is 5.95 Å². The number of anilines is 1. The average molecular weight is 379 g/mol. The number of nitrogens with zero attached hydrogens (tertiary/aromatic N) is 4. The van der Waals surface area contributed by atoms with Gasteiger partial charge in [-0.2, -0.15) is 0 Å². The Balaban J connectivity index is 1.24. The Morgan fingerprint density at radius 1 is 1.18 bits per heavy atom. The Kier molecular flexibility index (Phi) is 4.23. The van der Waals surface area contributed by atoms with Gasteiger partial charge in [-0.3, -0.25) is 9.20 Å². The van der Waals surface area contributed by atoms with Gasteiger partial charge in [0, 0.05) is 25.8 Å². The first kappa shape index (κ1) is 16.9. The summed E-state index contributed by atoms with van der Waals surface area (Å²) in [6, 6.07) is 11.6. The van der Waals surface area contributed by atoms with Crippen LogP contribution in [0.3, 0.4) is 0 Å². The molecule has 0 radical (unpaired) electrons. The van der Waals surface area contributed by atoms with Crippen LogP contribution in [0.25, 0.3) is 5.65 Å². The fourth-order valence-corrected chi connectivity index (χ4v) is 3.80. The monoisotopic (exact) mass is 379 g/mol. The van der Waals surface area contributed by atoms with E-state index in [9.17, 15) is 4.79 Å². The third-order valence-electron chi connectivity index (χ3n) is 5.27. The topological polar surface area (TPSA) is 81.0 Å². The summed E-state index contributed by atoms with van der Waals surface area (Å²) in [5, 5.41) is 11.6. The zero-order valence-corrected chi connectivity index (χ0v) is 15.4. The second kappa shape index (κ2) is 7.03. The molecule has 4 heterocycles. The number of nitrogens with one attached hydrogen (secondary N) is 1. The first-order valence-corrected chi connectivity index (χ1v) is 9.49. The van der Waals surface area contributed by atoms with E-state index >= 15 is 0 Å². The molecular weight excluding hydrogens is 358 g/mol. The number of rotatable bonds is 4. The number of carbonyl (C=O) groups excluding carboxylic acids is 1. The lowest BCUT2D eigenvalue weighted by Gasteiger charge is -2.32. The molecule has 8 nitrogen and oxygen atoms in total. The van der Waals surface area contributed by atoms with Gasteiger partial charge in [0.15, 0.2) is 17.1 Å². The highest BCUT2D eigenvalue weighted by molar-refractivity contribution is 5.79. The molecule has 1 saturated heterocycles. The zero-order chi connectivity index (χ0) is 18.9. The standard InChI is InChI=1S/C20H21N5O3/c26-19(21-11-14-6-7-16-17(10-14)28-13-27-16)15-4-3-8-24(12-15)20-23-22-18-5-1-2-9-25(18)20/h1-2,5-7,9-10,15H,3-4,8,11-13H2,(H,21,26). The van der Waals surface area contributed by atoms with Crippen molar-refractivity contribution in [1.82, 2.24) is 19.9 Å². The van der Waals surface area contributed by atoms with Crippen molar-refractivity contribution in [2.75, 3.05) is 24.8 Å². The fourth-order valence-electron chi connectivity index (χ4n) is 3.80. The summed E-state index contributed by atoms with van der Waals surface area (Å²) in [5.41, 5.74) is 1.81. The summed E-state index contributed by atoms with van der Waals surface area (Å²) in [6.07, 6.45) is 3.78. The van der Waals surface area contributed by atoms with Gasteiger partial charge in [0.05, 0.1) is 5.92 Å². The number of benzene rings is 1. The van der Waals surface area contributed by atoms with Crippen molar-refractivity contribution in [3.8, 4) is 11.5 Å². The van der Waals surface area contributed by atoms with Crippen molar-refractivity contribution in [3.05, 3.63) is 48.2 Å². The van der Waals surface area contributed by atoms with Crippen LogP contribution in [0.5, 0.6) is 11.5 Å². The maximum Gasteiger partial charge on any atom is 0.231 e.